The number of aliphatic hydroxyl groups excluding tert-OH is 1. The second-order valence-electron chi connectivity index (χ2n) is 4.62. The zero-order chi connectivity index (χ0) is 14.8. The number of aromatic amines is 1. The van der Waals surface area contributed by atoms with Gasteiger partial charge in [0.05, 0.1) is 11.9 Å². The number of H-pyrrole nitrogens is 1. The van der Waals surface area contributed by atoms with Gasteiger partial charge in [-0.1, -0.05) is 53.5 Å². The molecule has 0 radical (unpaired) electrons. The molecule has 0 aliphatic rings. The van der Waals surface area contributed by atoms with Gasteiger partial charge >= 0.3 is 0 Å². The van der Waals surface area contributed by atoms with Gasteiger partial charge in [-0.25, -0.2) is 4.98 Å². The lowest BCUT2D eigenvalue weighted by molar-refractivity contribution is 0.211. The fourth-order valence-corrected chi connectivity index (χ4v) is 2.46. The van der Waals surface area contributed by atoms with E-state index in [0.29, 0.717) is 15.9 Å². The van der Waals surface area contributed by atoms with Crippen molar-refractivity contribution in [3.05, 3.63) is 76.2 Å². The van der Waals surface area contributed by atoms with Gasteiger partial charge < -0.3 is 10.1 Å². The molecule has 0 saturated heterocycles. The molecule has 0 aliphatic heterocycles. The molecule has 0 spiro atoms. The number of imidazole rings is 1. The van der Waals surface area contributed by atoms with Crippen LogP contribution in [0.15, 0.2) is 54.7 Å². The maximum atomic E-state index is 10.3. The quantitative estimate of drug-likeness (QED) is 0.748. The van der Waals surface area contributed by atoms with Crippen LogP contribution in [-0.4, -0.2) is 15.1 Å². The molecule has 3 aromatic rings. The third kappa shape index (κ3) is 2.95. The smallest absolute Gasteiger partial charge is 0.140 e. The van der Waals surface area contributed by atoms with Crippen molar-refractivity contribution in [2.45, 2.75) is 6.10 Å². The molecule has 2 N–H and O–H groups in total. The fraction of sp³-hybridized carbons (Fsp3) is 0.0625. The number of halogens is 2. The van der Waals surface area contributed by atoms with Crippen LogP contribution >= 0.6 is 23.2 Å². The Balaban J connectivity index is 1.91. The van der Waals surface area contributed by atoms with E-state index in [0.717, 1.165) is 16.8 Å². The Morgan fingerprint density at radius 1 is 1.00 bits per heavy atom. The van der Waals surface area contributed by atoms with E-state index in [1.54, 1.807) is 30.5 Å². The number of hydrogen-bond donors (Lipinski definition) is 2. The van der Waals surface area contributed by atoms with E-state index in [1.165, 1.54) is 0 Å². The molecule has 2 aromatic carbocycles. The van der Waals surface area contributed by atoms with Crippen LogP contribution in [-0.2, 0) is 0 Å². The largest absolute Gasteiger partial charge is 0.380 e. The van der Waals surface area contributed by atoms with Crippen LogP contribution < -0.4 is 0 Å². The molecule has 21 heavy (non-hydrogen) atoms. The van der Waals surface area contributed by atoms with Crippen molar-refractivity contribution < 1.29 is 5.11 Å². The number of nitrogens with one attached hydrogen (secondary N) is 1. The van der Waals surface area contributed by atoms with Crippen LogP contribution in [0.4, 0.5) is 0 Å². The molecule has 0 aliphatic carbocycles. The first-order valence-corrected chi connectivity index (χ1v) is 7.14. The van der Waals surface area contributed by atoms with Gasteiger partial charge in [0.1, 0.15) is 11.9 Å². The summed E-state index contributed by atoms with van der Waals surface area (Å²) in [7, 11) is 0. The Labute approximate surface area is 132 Å². The summed E-state index contributed by atoms with van der Waals surface area (Å²) in [4.78, 5) is 7.34. The van der Waals surface area contributed by atoms with Gasteiger partial charge in [-0.3, -0.25) is 0 Å². The second-order valence-corrected chi connectivity index (χ2v) is 5.46. The molecule has 3 rings (SSSR count). The minimum absolute atomic E-state index is 0.465. The van der Waals surface area contributed by atoms with Crippen molar-refractivity contribution >= 4 is 23.2 Å². The average molecular weight is 319 g/mol. The molecule has 1 atom stereocenters. The van der Waals surface area contributed by atoms with E-state index in [-0.39, 0.29) is 0 Å². The SMILES string of the molecule is OC(c1ccc(Cl)cc1)c1ncc(-c2ccccc2Cl)[nH]1. The van der Waals surface area contributed by atoms with Crippen molar-refractivity contribution in [2.24, 2.45) is 0 Å². The summed E-state index contributed by atoms with van der Waals surface area (Å²) in [5, 5.41) is 11.6. The molecule has 0 bridgehead atoms. The van der Waals surface area contributed by atoms with Crippen LogP contribution in [0.3, 0.4) is 0 Å². The summed E-state index contributed by atoms with van der Waals surface area (Å²) in [5.74, 6) is 0.465. The number of aliphatic hydroxyl groups is 1. The highest BCUT2D eigenvalue weighted by atomic mass is 35.5. The van der Waals surface area contributed by atoms with E-state index in [9.17, 15) is 5.11 Å². The highest BCUT2D eigenvalue weighted by Gasteiger charge is 2.15. The third-order valence-corrected chi connectivity index (χ3v) is 3.79. The Kier molecular flexibility index (Phi) is 3.97. The molecule has 0 amide bonds. The average Bonchev–Trinajstić information content (AvgIpc) is 2.97. The van der Waals surface area contributed by atoms with Gasteiger partial charge in [-0.05, 0) is 23.8 Å². The van der Waals surface area contributed by atoms with E-state index in [1.807, 2.05) is 24.3 Å². The summed E-state index contributed by atoms with van der Waals surface area (Å²) < 4.78 is 0. The summed E-state index contributed by atoms with van der Waals surface area (Å²) in [6.45, 7) is 0. The van der Waals surface area contributed by atoms with Gasteiger partial charge in [0.25, 0.3) is 0 Å². The Hall–Kier alpha value is -1.81. The molecule has 1 aromatic heterocycles. The van der Waals surface area contributed by atoms with Crippen LogP contribution in [0, 0.1) is 0 Å². The number of benzene rings is 2. The van der Waals surface area contributed by atoms with Gasteiger partial charge in [-0.15, -0.1) is 0 Å². The van der Waals surface area contributed by atoms with Crippen LogP contribution in [0.1, 0.15) is 17.5 Å². The second kappa shape index (κ2) is 5.90. The lowest BCUT2D eigenvalue weighted by atomic mass is 10.1. The first-order valence-electron chi connectivity index (χ1n) is 6.38. The number of rotatable bonds is 3. The highest BCUT2D eigenvalue weighted by Crippen LogP contribution is 2.28. The first kappa shape index (κ1) is 14.1. The summed E-state index contributed by atoms with van der Waals surface area (Å²) in [6.07, 6.45) is 0.828. The van der Waals surface area contributed by atoms with Gasteiger partial charge in [-0.2, -0.15) is 0 Å². The monoisotopic (exact) mass is 318 g/mol. The number of nitrogens with zero attached hydrogens (tertiary/aromatic N) is 1. The predicted molar refractivity (Wildman–Crippen MR) is 84.5 cm³/mol. The summed E-state index contributed by atoms with van der Waals surface area (Å²) in [6, 6.07) is 14.5. The number of hydrogen-bond acceptors (Lipinski definition) is 2. The normalized spacial score (nSPS) is 12.3. The Morgan fingerprint density at radius 3 is 2.43 bits per heavy atom. The third-order valence-electron chi connectivity index (χ3n) is 3.20. The maximum Gasteiger partial charge on any atom is 0.140 e. The minimum Gasteiger partial charge on any atom is -0.380 e. The fourth-order valence-electron chi connectivity index (χ4n) is 2.10. The maximum absolute atomic E-state index is 10.3. The van der Waals surface area contributed by atoms with Gasteiger partial charge in [0.2, 0.25) is 0 Å². The van der Waals surface area contributed by atoms with E-state index < -0.39 is 6.10 Å². The molecular formula is C16H12Cl2N2O. The van der Waals surface area contributed by atoms with Crippen LogP contribution in [0.2, 0.25) is 10.0 Å². The molecule has 5 heteroatoms. The van der Waals surface area contributed by atoms with Crippen molar-refractivity contribution in [1.29, 1.82) is 0 Å². The summed E-state index contributed by atoms with van der Waals surface area (Å²) in [5.41, 5.74) is 2.34. The zero-order valence-corrected chi connectivity index (χ0v) is 12.4. The lowest BCUT2D eigenvalue weighted by Gasteiger charge is -2.08. The lowest BCUT2D eigenvalue weighted by Crippen LogP contribution is -2.01. The van der Waals surface area contributed by atoms with Gasteiger partial charge in [0, 0.05) is 15.6 Å². The Morgan fingerprint density at radius 2 is 1.71 bits per heavy atom. The minimum atomic E-state index is -0.835. The number of aromatic nitrogens is 2. The standard InChI is InChI=1S/C16H12Cl2N2O/c17-11-7-5-10(6-8-11)15(21)16-19-9-14(20-16)12-3-1-2-4-13(12)18/h1-9,15,21H,(H,19,20). The molecule has 3 nitrogen and oxygen atoms in total. The zero-order valence-electron chi connectivity index (χ0n) is 10.9. The van der Waals surface area contributed by atoms with E-state index in [2.05, 4.69) is 9.97 Å². The highest BCUT2D eigenvalue weighted by molar-refractivity contribution is 6.33. The van der Waals surface area contributed by atoms with E-state index >= 15 is 0 Å². The molecule has 106 valence electrons. The molecular weight excluding hydrogens is 307 g/mol. The summed E-state index contributed by atoms with van der Waals surface area (Å²) >= 11 is 12.0. The van der Waals surface area contributed by atoms with Gasteiger partial charge in [0.15, 0.2) is 0 Å². The molecule has 1 unspecified atom stereocenters. The van der Waals surface area contributed by atoms with Crippen molar-refractivity contribution in [1.82, 2.24) is 9.97 Å². The predicted octanol–water partition coefficient (Wildman–Crippen LogP) is 4.47. The molecule has 1 heterocycles. The van der Waals surface area contributed by atoms with E-state index in [4.69, 9.17) is 23.2 Å². The van der Waals surface area contributed by atoms with Crippen molar-refractivity contribution in [2.75, 3.05) is 0 Å². The van der Waals surface area contributed by atoms with Crippen molar-refractivity contribution in [3.63, 3.8) is 0 Å². The van der Waals surface area contributed by atoms with Crippen molar-refractivity contribution in [3.8, 4) is 11.3 Å². The van der Waals surface area contributed by atoms with Crippen LogP contribution in [0.25, 0.3) is 11.3 Å². The molecule has 0 fully saturated rings. The Bertz CT molecular complexity index is 753. The first-order chi connectivity index (χ1) is 10.1. The topological polar surface area (TPSA) is 48.9 Å². The van der Waals surface area contributed by atoms with Crippen LogP contribution in [0.5, 0.6) is 0 Å². The molecule has 0 saturated carbocycles.